The van der Waals surface area contributed by atoms with E-state index in [0.717, 1.165) is 36.2 Å². The van der Waals surface area contributed by atoms with E-state index in [1.807, 2.05) is 13.8 Å². The summed E-state index contributed by atoms with van der Waals surface area (Å²) in [4.78, 5) is 4.45. The normalized spacial score (nSPS) is 11.9. The van der Waals surface area contributed by atoms with Gasteiger partial charge in [-0.15, -0.1) is 0 Å². The first-order valence-electron chi connectivity index (χ1n) is 5.54. The minimum Gasteiger partial charge on any atom is -0.258 e. The Morgan fingerprint density at radius 2 is 2.12 bits per heavy atom. The van der Waals surface area contributed by atoms with E-state index < -0.39 is 0 Å². The van der Waals surface area contributed by atoms with E-state index in [-0.39, 0.29) is 5.82 Å². The molecule has 0 N–H and O–H groups in total. The monoisotopic (exact) mass is 285 g/mol. The molecule has 16 heavy (non-hydrogen) atoms. The fourth-order valence-corrected chi connectivity index (χ4v) is 1.91. The lowest BCUT2D eigenvalue weighted by atomic mass is 10.1. The van der Waals surface area contributed by atoms with Crippen molar-refractivity contribution in [3.05, 3.63) is 28.0 Å². The van der Waals surface area contributed by atoms with Gasteiger partial charge in [0.25, 0.3) is 0 Å². The molecular weight excluding hydrogens is 269 g/mol. The number of benzene rings is 1. The van der Waals surface area contributed by atoms with Crippen molar-refractivity contribution in [2.75, 3.05) is 0 Å². The van der Waals surface area contributed by atoms with E-state index in [1.165, 1.54) is 6.07 Å². The zero-order valence-electron chi connectivity index (χ0n) is 9.98. The molecule has 0 amide bonds. The quantitative estimate of drug-likeness (QED) is 0.676. The van der Waals surface area contributed by atoms with Crippen LogP contribution in [0.25, 0.3) is 0 Å². The summed E-state index contributed by atoms with van der Waals surface area (Å²) in [7, 11) is 0. The van der Waals surface area contributed by atoms with Crippen LogP contribution in [0.5, 0.6) is 0 Å². The van der Waals surface area contributed by atoms with E-state index in [0.29, 0.717) is 4.47 Å². The van der Waals surface area contributed by atoms with Gasteiger partial charge in [-0.05, 0) is 54.2 Å². The molecule has 0 atom stereocenters. The van der Waals surface area contributed by atoms with Crippen LogP contribution in [0.4, 0.5) is 10.1 Å². The van der Waals surface area contributed by atoms with Crippen LogP contribution in [-0.2, 0) is 0 Å². The number of halogens is 2. The summed E-state index contributed by atoms with van der Waals surface area (Å²) in [5.74, 6) is -0.257. The van der Waals surface area contributed by atoms with Crippen molar-refractivity contribution >= 4 is 27.3 Å². The Morgan fingerprint density at radius 1 is 1.44 bits per heavy atom. The molecule has 1 nitrogen and oxygen atoms in total. The fourth-order valence-electron chi connectivity index (χ4n) is 1.45. The highest BCUT2D eigenvalue weighted by Gasteiger charge is 2.04. The Labute approximate surface area is 105 Å². The SMILES string of the molecule is CCCCC(C)=Nc1cc(F)c(Br)cc1C. The summed E-state index contributed by atoms with van der Waals surface area (Å²) in [6.45, 7) is 6.09. The largest absolute Gasteiger partial charge is 0.258 e. The second-order valence-electron chi connectivity index (χ2n) is 4.00. The summed E-state index contributed by atoms with van der Waals surface area (Å²) >= 11 is 3.16. The summed E-state index contributed by atoms with van der Waals surface area (Å²) in [5, 5.41) is 0. The average molecular weight is 286 g/mol. The van der Waals surface area contributed by atoms with Gasteiger partial charge in [-0.2, -0.15) is 0 Å². The molecule has 0 unspecified atom stereocenters. The predicted octanol–water partition coefficient (Wildman–Crippen LogP) is 5.18. The first kappa shape index (κ1) is 13.4. The average Bonchev–Trinajstić information content (AvgIpc) is 2.23. The highest BCUT2D eigenvalue weighted by Crippen LogP contribution is 2.26. The Hall–Kier alpha value is -0.700. The maximum Gasteiger partial charge on any atom is 0.139 e. The van der Waals surface area contributed by atoms with Gasteiger partial charge in [0, 0.05) is 11.8 Å². The first-order chi connectivity index (χ1) is 7.54. The van der Waals surface area contributed by atoms with Crippen molar-refractivity contribution in [3.63, 3.8) is 0 Å². The number of aliphatic imine (C=N–C) groups is 1. The van der Waals surface area contributed by atoms with Crippen LogP contribution in [0.15, 0.2) is 21.6 Å². The third-order valence-electron chi connectivity index (χ3n) is 2.44. The maximum atomic E-state index is 13.3. The number of hydrogen-bond donors (Lipinski definition) is 0. The maximum absolute atomic E-state index is 13.3. The van der Waals surface area contributed by atoms with Gasteiger partial charge in [-0.1, -0.05) is 13.3 Å². The summed E-state index contributed by atoms with van der Waals surface area (Å²) in [6, 6.07) is 3.25. The number of hydrogen-bond acceptors (Lipinski definition) is 1. The topological polar surface area (TPSA) is 12.4 Å². The molecule has 0 saturated heterocycles. The highest BCUT2D eigenvalue weighted by atomic mass is 79.9. The van der Waals surface area contributed by atoms with Gasteiger partial charge < -0.3 is 0 Å². The van der Waals surface area contributed by atoms with Crippen molar-refractivity contribution in [1.29, 1.82) is 0 Å². The molecule has 0 aliphatic carbocycles. The summed E-state index contributed by atoms with van der Waals surface area (Å²) < 4.78 is 13.8. The molecule has 0 aromatic heterocycles. The standard InChI is InChI=1S/C13H17BrFN/c1-4-5-6-10(3)16-13-8-12(15)11(14)7-9(13)2/h7-8H,4-6H2,1-3H3. The zero-order chi connectivity index (χ0) is 12.1. The second-order valence-corrected chi connectivity index (χ2v) is 4.86. The Morgan fingerprint density at radius 3 is 2.75 bits per heavy atom. The number of rotatable bonds is 4. The van der Waals surface area contributed by atoms with Gasteiger partial charge in [-0.3, -0.25) is 4.99 Å². The lowest BCUT2D eigenvalue weighted by molar-refractivity contribution is 0.621. The minimum absolute atomic E-state index is 0.257. The minimum atomic E-state index is -0.257. The lowest BCUT2D eigenvalue weighted by Crippen LogP contribution is -1.91. The lowest BCUT2D eigenvalue weighted by Gasteiger charge is -2.04. The Kier molecular flexibility index (Phi) is 5.13. The summed E-state index contributed by atoms with van der Waals surface area (Å²) in [5.41, 5.74) is 2.78. The van der Waals surface area contributed by atoms with E-state index in [4.69, 9.17) is 0 Å². The highest BCUT2D eigenvalue weighted by molar-refractivity contribution is 9.10. The number of aryl methyl sites for hydroxylation is 1. The molecule has 0 aliphatic heterocycles. The molecule has 0 bridgehead atoms. The molecule has 0 aliphatic rings. The molecule has 1 rings (SSSR count). The van der Waals surface area contributed by atoms with E-state index in [2.05, 4.69) is 27.8 Å². The van der Waals surface area contributed by atoms with Crippen molar-refractivity contribution in [2.45, 2.75) is 40.0 Å². The fraction of sp³-hybridized carbons (Fsp3) is 0.462. The van der Waals surface area contributed by atoms with E-state index in [1.54, 1.807) is 6.07 Å². The van der Waals surface area contributed by atoms with Gasteiger partial charge in [0.05, 0.1) is 10.2 Å². The molecule has 3 heteroatoms. The smallest absolute Gasteiger partial charge is 0.139 e. The molecule has 0 heterocycles. The van der Waals surface area contributed by atoms with Crippen LogP contribution < -0.4 is 0 Å². The van der Waals surface area contributed by atoms with Gasteiger partial charge >= 0.3 is 0 Å². The van der Waals surface area contributed by atoms with Crippen LogP contribution in [0, 0.1) is 12.7 Å². The van der Waals surface area contributed by atoms with E-state index in [9.17, 15) is 4.39 Å². The van der Waals surface area contributed by atoms with E-state index >= 15 is 0 Å². The summed E-state index contributed by atoms with van der Waals surface area (Å²) in [6.07, 6.45) is 3.27. The van der Waals surface area contributed by atoms with Crippen molar-refractivity contribution in [1.82, 2.24) is 0 Å². The Balaban J connectivity index is 2.92. The third kappa shape index (κ3) is 3.71. The van der Waals surface area contributed by atoms with Crippen LogP contribution in [0.1, 0.15) is 38.7 Å². The molecule has 88 valence electrons. The molecule has 0 saturated carbocycles. The second kappa shape index (κ2) is 6.14. The molecule has 0 radical (unpaired) electrons. The molecule has 0 fully saturated rings. The van der Waals surface area contributed by atoms with Crippen LogP contribution in [0.2, 0.25) is 0 Å². The molecule has 1 aromatic carbocycles. The van der Waals surface area contributed by atoms with Gasteiger partial charge in [0.15, 0.2) is 0 Å². The van der Waals surface area contributed by atoms with Crippen molar-refractivity contribution in [2.24, 2.45) is 4.99 Å². The van der Waals surface area contributed by atoms with Crippen LogP contribution in [0.3, 0.4) is 0 Å². The van der Waals surface area contributed by atoms with Gasteiger partial charge in [0.1, 0.15) is 5.82 Å². The number of nitrogens with zero attached hydrogens (tertiary/aromatic N) is 1. The van der Waals surface area contributed by atoms with Gasteiger partial charge in [-0.25, -0.2) is 4.39 Å². The Bertz CT molecular complexity index is 399. The van der Waals surface area contributed by atoms with Crippen LogP contribution in [-0.4, -0.2) is 5.71 Å². The van der Waals surface area contributed by atoms with Crippen LogP contribution >= 0.6 is 15.9 Å². The molecule has 0 spiro atoms. The predicted molar refractivity (Wildman–Crippen MR) is 71.1 cm³/mol. The number of unbranched alkanes of at least 4 members (excludes halogenated alkanes) is 1. The van der Waals surface area contributed by atoms with Crippen molar-refractivity contribution < 1.29 is 4.39 Å². The first-order valence-corrected chi connectivity index (χ1v) is 6.33. The van der Waals surface area contributed by atoms with Gasteiger partial charge in [0.2, 0.25) is 0 Å². The molecule has 1 aromatic rings. The van der Waals surface area contributed by atoms with Crippen molar-refractivity contribution in [3.8, 4) is 0 Å². The molecular formula is C13H17BrFN. The zero-order valence-corrected chi connectivity index (χ0v) is 11.6. The third-order valence-corrected chi connectivity index (χ3v) is 3.05.